The van der Waals surface area contributed by atoms with Gasteiger partial charge >= 0.3 is 0 Å². The fourth-order valence-corrected chi connectivity index (χ4v) is 5.52. The van der Waals surface area contributed by atoms with E-state index in [1.165, 1.54) is 25.7 Å². The molecule has 4 atom stereocenters. The monoisotopic (exact) mass is 396 g/mol. The molecule has 3 N–H and O–H groups in total. The third-order valence-corrected chi connectivity index (χ3v) is 7.01. The highest BCUT2D eigenvalue weighted by molar-refractivity contribution is 6.05. The molecule has 1 unspecified atom stereocenters. The molecule has 0 bridgehead atoms. The summed E-state index contributed by atoms with van der Waals surface area (Å²) in [6, 6.07) is 6.72. The molecule has 1 saturated carbocycles. The van der Waals surface area contributed by atoms with E-state index in [1.807, 2.05) is 12.1 Å². The van der Waals surface area contributed by atoms with Crippen LogP contribution in [0.5, 0.6) is 0 Å². The summed E-state index contributed by atoms with van der Waals surface area (Å²) < 4.78 is 0. The fourth-order valence-electron chi connectivity index (χ4n) is 5.52. The third-order valence-electron chi connectivity index (χ3n) is 7.01. The first-order valence-corrected chi connectivity index (χ1v) is 10.8. The Hall–Kier alpha value is -2.25. The number of fused-ring (bicyclic) bond motifs is 2. The standard InChI is InChI=1S/C22H28N4O3/c27-20-7-6-19(21(28)25-20)26-12-15-5-4-13(8-17(15)22(26)29)10-23-11-16-9-14-2-1-3-18(14)24-16/h4-5,8,14,16,18-19,23-24H,1-3,6-7,9-12H2,(H,25,27,28)/t14-,16-,18-,19?/m0/s1. The minimum Gasteiger partial charge on any atom is -0.322 e. The number of carbonyl (C=O) groups is 3. The van der Waals surface area contributed by atoms with Gasteiger partial charge in [-0.15, -0.1) is 0 Å². The molecule has 29 heavy (non-hydrogen) atoms. The predicted octanol–water partition coefficient (Wildman–Crippen LogP) is 1.07. The summed E-state index contributed by atoms with van der Waals surface area (Å²) in [4.78, 5) is 38.0. The quantitative estimate of drug-likeness (QED) is 0.648. The van der Waals surface area contributed by atoms with Gasteiger partial charge in [0.1, 0.15) is 6.04 Å². The van der Waals surface area contributed by atoms with E-state index in [-0.39, 0.29) is 24.1 Å². The Morgan fingerprint density at radius 1 is 1.14 bits per heavy atom. The summed E-state index contributed by atoms with van der Waals surface area (Å²) in [5.74, 6) is 0.126. The average molecular weight is 396 g/mol. The molecule has 1 aromatic rings. The van der Waals surface area contributed by atoms with Crippen LogP contribution < -0.4 is 16.0 Å². The smallest absolute Gasteiger partial charge is 0.255 e. The zero-order valence-electron chi connectivity index (χ0n) is 16.6. The summed E-state index contributed by atoms with van der Waals surface area (Å²) in [7, 11) is 0. The van der Waals surface area contributed by atoms with E-state index in [2.05, 4.69) is 22.0 Å². The minimum absolute atomic E-state index is 0.110. The molecule has 7 nitrogen and oxygen atoms in total. The van der Waals surface area contributed by atoms with E-state index >= 15 is 0 Å². The van der Waals surface area contributed by atoms with Crippen molar-refractivity contribution < 1.29 is 14.4 Å². The number of amides is 3. The molecule has 1 aromatic carbocycles. The molecule has 2 saturated heterocycles. The number of nitrogens with zero attached hydrogens (tertiary/aromatic N) is 1. The van der Waals surface area contributed by atoms with Gasteiger partial charge in [-0.25, -0.2) is 0 Å². The van der Waals surface area contributed by atoms with E-state index in [9.17, 15) is 14.4 Å². The molecule has 4 aliphatic rings. The van der Waals surface area contributed by atoms with Crippen molar-refractivity contribution in [1.82, 2.24) is 20.9 Å². The van der Waals surface area contributed by atoms with Crippen LogP contribution in [0.2, 0.25) is 0 Å². The van der Waals surface area contributed by atoms with Gasteiger partial charge in [0.15, 0.2) is 0 Å². The lowest BCUT2D eigenvalue weighted by Crippen LogP contribution is -2.52. The topological polar surface area (TPSA) is 90.5 Å². The second-order valence-electron chi connectivity index (χ2n) is 8.92. The molecule has 3 amide bonds. The molecule has 0 spiro atoms. The molecule has 1 aliphatic carbocycles. The molecular weight excluding hydrogens is 368 g/mol. The lowest BCUT2D eigenvalue weighted by atomic mass is 10.0. The molecular formula is C22H28N4O3. The van der Waals surface area contributed by atoms with Gasteiger partial charge in [0.2, 0.25) is 11.8 Å². The largest absolute Gasteiger partial charge is 0.322 e. The molecule has 154 valence electrons. The fraction of sp³-hybridized carbons (Fsp3) is 0.591. The first-order chi connectivity index (χ1) is 14.1. The van der Waals surface area contributed by atoms with Crippen LogP contribution in [0, 0.1) is 5.92 Å². The van der Waals surface area contributed by atoms with Gasteiger partial charge in [0, 0.05) is 43.7 Å². The summed E-state index contributed by atoms with van der Waals surface area (Å²) in [6.45, 7) is 2.11. The predicted molar refractivity (Wildman–Crippen MR) is 107 cm³/mol. The second-order valence-corrected chi connectivity index (χ2v) is 8.92. The molecule has 5 rings (SSSR count). The van der Waals surface area contributed by atoms with Crippen LogP contribution in [0.1, 0.15) is 60.0 Å². The zero-order chi connectivity index (χ0) is 20.0. The van der Waals surface area contributed by atoms with Crippen molar-refractivity contribution in [2.24, 2.45) is 5.92 Å². The molecule has 3 fully saturated rings. The van der Waals surface area contributed by atoms with Gasteiger partial charge in [-0.05, 0) is 48.8 Å². The maximum absolute atomic E-state index is 12.9. The lowest BCUT2D eigenvalue weighted by Gasteiger charge is -2.29. The highest BCUT2D eigenvalue weighted by atomic mass is 16.2. The number of benzene rings is 1. The Bertz CT molecular complexity index is 842. The summed E-state index contributed by atoms with van der Waals surface area (Å²) in [6.07, 6.45) is 5.99. The van der Waals surface area contributed by atoms with Gasteiger partial charge in [0.05, 0.1) is 0 Å². The van der Waals surface area contributed by atoms with Crippen LogP contribution in [0.15, 0.2) is 18.2 Å². The maximum Gasteiger partial charge on any atom is 0.255 e. The maximum atomic E-state index is 12.9. The number of rotatable bonds is 5. The van der Waals surface area contributed by atoms with Crippen molar-refractivity contribution in [2.45, 2.75) is 69.7 Å². The van der Waals surface area contributed by atoms with Crippen LogP contribution >= 0.6 is 0 Å². The van der Waals surface area contributed by atoms with Crippen molar-refractivity contribution in [3.63, 3.8) is 0 Å². The molecule has 0 aromatic heterocycles. The van der Waals surface area contributed by atoms with Crippen LogP contribution in [-0.4, -0.2) is 47.3 Å². The number of hydrogen-bond acceptors (Lipinski definition) is 5. The van der Waals surface area contributed by atoms with E-state index in [0.717, 1.165) is 36.2 Å². The first-order valence-electron chi connectivity index (χ1n) is 10.8. The summed E-state index contributed by atoms with van der Waals surface area (Å²) >= 11 is 0. The number of piperidine rings is 1. The molecule has 0 radical (unpaired) electrons. The van der Waals surface area contributed by atoms with E-state index in [1.54, 1.807) is 4.90 Å². The number of imide groups is 1. The lowest BCUT2D eigenvalue weighted by molar-refractivity contribution is -0.136. The van der Waals surface area contributed by atoms with Gasteiger partial charge in [0.25, 0.3) is 5.91 Å². The van der Waals surface area contributed by atoms with Crippen molar-refractivity contribution in [3.05, 3.63) is 34.9 Å². The Morgan fingerprint density at radius 2 is 2.03 bits per heavy atom. The average Bonchev–Trinajstić information content (AvgIpc) is 3.36. The summed E-state index contributed by atoms with van der Waals surface area (Å²) in [5.41, 5.74) is 2.72. The first kappa shape index (κ1) is 18.8. The second kappa shape index (κ2) is 7.54. The third kappa shape index (κ3) is 3.57. The molecule has 3 heterocycles. The van der Waals surface area contributed by atoms with Crippen LogP contribution in [0.3, 0.4) is 0 Å². The van der Waals surface area contributed by atoms with Crippen molar-refractivity contribution in [3.8, 4) is 0 Å². The van der Waals surface area contributed by atoms with Crippen LogP contribution in [0.25, 0.3) is 0 Å². The minimum atomic E-state index is -0.554. The zero-order valence-corrected chi connectivity index (χ0v) is 16.6. The van der Waals surface area contributed by atoms with Crippen LogP contribution in [0.4, 0.5) is 0 Å². The van der Waals surface area contributed by atoms with Gasteiger partial charge in [-0.3, -0.25) is 19.7 Å². The summed E-state index contributed by atoms with van der Waals surface area (Å²) in [5, 5.41) is 9.63. The van der Waals surface area contributed by atoms with Crippen molar-refractivity contribution in [2.75, 3.05) is 6.54 Å². The van der Waals surface area contributed by atoms with Crippen molar-refractivity contribution >= 4 is 17.7 Å². The molecule has 7 heteroatoms. The number of hydrogen-bond donors (Lipinski definition) is 3. The normalized spacial score (nSPS) is 31.2. The number of nitrogens with one attached hydrogen (secondary N) is 3. The Kier molecular flexibility index (Phi) is 4.87. The molecule has 3 aliphatic heterocycles. The van der Waals surface area contributed by atoms with E-state index in [4.69, 9.17) is 0 Å². The SMILES string of the molecule is O=C1CCC(N2Cc3ccc(CNC[C@@H]4C[C@@H]5CCC[C@@H]5N4)cc3C2=O)C(=O)N1. The Morgan fingerprint density at radius 3 is 2.86 bits per heavy atom. The number of carbonyl (C=O) groups excluding carboxylic acids is 3. The highest BCUT2D eigenvalue weighted by Gasteiger charge is 2.39. The highest BCUT2D eigenvalue weighted by Crippen LogP contribution is 2.34. The van der Waals surface area contributed by atoms with Crippen LogP contribution in [-0.2, 0) is 22.7 Å². The Labute approximate surface area is 170 Å². The van der Waals surface area contributed by atoms with Gasteiger partial charge in [-0.2, -0.15) is 0 Å². The van der Waals surface area contributed by atoms with E-state index < -0.39 is 6.04 Å². The van der Waals surface area contributed by atoms with Gasteiger partial charge in [-0.1, -0.05) is 18.6 Å². The van der Waals surface area contributed by atoms with E-state index in [0.29, 0.717) is 24.6 Å². The Balaban J connectivity index is 1.18. The van der Waals surface area contributed by atoms with Crippen molar-refractivity contribution in [1.29, 1.82) is 0 Å². The van der Waals surface area contributed by atoms with Gasteiger partial charge < -0.3 is 15.5 Å².